The number of hydrogen-bond donors (Lipinski definition) is 6. The van der Waals surface area contributed by atoms with Crippen molar-refractivity contribution in [2.24, 2.45) is 0 Å². The summed E-state index contributed by atoms with van der Waals surface area (Å²) in [6.07, 6.45) is 70.8. The van der Waals surface area contributed by atoms with E-state index in [1.54, 1.807) is 0 Å². The highest BCUT2D eigenvalue weighted by Gasteiger charge is 2.22. The zero-order chi connectivity index (χ0) is 83.7. The van der Waals surface area contributed by atoms with Gasteiger partial charge in [-0.25, -0.2) is 9.97 Å². The predicted octanol–water partition coefficient (Wildman–Crippen LogP) is 30.5. The van der Waals surface area contributed by atoms with Gasteiger partial charge in [0, 0.05) is 91.9 Å². The van der Waals surface area contributed by atoms with Crippen molar-refractivity contribution in [2.75, 3.05) is 25.0 Å². The smallest absolute Gasteiger partial charge is 0.255 e. The van der Waals surface area contributed by atoms with E-state index in [0.717, 1.165) is 111 Å². The molecule has 0 saturated carbocycles. The van der Waals surface area contributed by atoms with Gasteiger partial charge in [-0.2, -0.15) is 0 Å². The fraction of sp³-hybridized carbons (Fsp3) is 0.500. The third-order valence-electron chi connectivity index (χ3n) is 24.5. The minimum atomic E-state index is -0.217. The number of para-hydroxylation sites is 1. The number of aromatic amines is 2. The molecule has 4 amide bonds. The molecule has 0 spiro atoms. The molecule has 8 bridgehead atoms. The second kappa shape index (κ2) is 54.8. The van der Waals surface area contributed by atoms with Gasteiger partial charge in [0.05, 0.1) is 22.8 Å². The number of carbonyl (C=O) groups is 4. The molecule has 0 radical (unpaired) electrons. The van der Waals surface area contributed by atoms with E-state index < -0.39 is 0 Å². The maximum atomic E-state index is 13.9. The fourth-order valence-electron chi connectivity index (χ4n) is 17.2. The molecule has 642 valence electrons. The van der Waals surface area contributed by atoms with E-state index >= 15 is 0 Å². The molecule has 0 unspecified atom stereocenters. The summed E-state index contributed by atoms with van der Waals surface area (Å²) in [5, 5.41) is 12.7. The van der Waals surface area contributed by atoms with E-state index in [4.69, 9.17) is 9.97 Å². The monoisotopic (exact) mass is 1620 g/mol. The molecular weight excluding hydrogens is 1470 g/mol. The molecule has 3 aromatic heterocycles. The standard InChI is InChI=1S/C108H146N8O4/c1-4-7-10-13-16-19-22-25-28-31-34-37-40-43-46-52-81-109-105(117)88-65-57-84(58-66-88)101-93-73-75-95(113-93)102(85-59-67-89(68-60-85)106(118)110-82-53-47-44-41-38-35-32-29-26-23-20-17-14-11-8-5-2)97-77-79-99(115-97)104(87-63-71-91(72-64-87)108(120)112-92-55-50-49-51-56-92)100-80-78-98(116-100)103(96-76-74-94(101)114-96)86-61-69-90(70-62-86)107(119)111-83-54-48-45-42-39-36-33-30-27-24-21-18-15-12-9-6-3/h49-51,55-80,113,116H,4-48,52-54,81-83H2,1-3H3,(H,109,117)(H,110,118)(H,111,119)(H,112,120). The highest BCUT2D eigenvalue weighted by Crippen LogP contribution is 2.40. The molecule has 5 heterocycles. The van der Waals surface area contributed by atoms with Crippen molar-refractivity contribution in [1.29, 1.82) is 0 Å². The van der Waals surface area contributed by atoms with Gasteiger partial charge in [0.1, 0.15) is 0 Å². The van der Waals surface area contributed by atoms with Crippen LogP contribution < -0.4 is 21.3 Å². The van der Waals surface area contributed by atoms with E-state index in [0.29, 0.717) is 64.7 Å². The Balaban J connectivity index is 0.898. The van der Waals surface area contributed by atoms with Gasteiger partial charge < -0.3 is 31.2 Å². The predicted molar refractivity (Wildman–Crippen MR) is 511 cm³/mol. The normalized spacial score (nSPS) is 11.7. The Labute approximate surface area is 721 Å². The number of aromatic nitrogens is 4. The molecule has 0 atom stereocenters. The summed E-state index contributed by atoms with van der Waals surface area (Å²) in [7, 11) is 0. The Hall–Kier alpha value is -9.42. The first-order valence-corrected chi connectivity index (χ1v) is 48.0. The summed E-state index contributed by atoms with van der Waals surface area (Å²) in [4.78, 5) is 74.5. The number of fused-ring (bicyclic) bond motifs is 8. The largest absolute Gasteiger partial charge is 0.354 e. The number of benzene rings is 5. The number of anilines is 1. The maximum Gasteiger partial charge on any atom is 0.255 e. The molecule has 120 heavy (non-hydrogen) atoms. The molecule has 2 aliphatic heterocycles. The minimum Gasteiger partial charge on any atom is -0.354 e. The van der Waals surface area contributed by atoms with Crippen molar-refractivity contribution >= 4 is 75.7 Å². The molecular formula is C108H146N8O4. The van der Waals surface area contributed by atoms with Crippen LogP contribution in [-0.4, -0.2) is 63.2 Å². The van der Waals surface area contributed by atoms with Crippen LogP contribution in [0.3, 0.4) is 0 Å². The fourth-order valence-corrected chi connectivity index (χ4v) is 17.2. The lowest BCUT2D eigenvalue weighted by molar-refractivity contribution is 0.0944. The number of nitrogens with zero attached hydrogens (tertiary/aromatic N) is 2. The van der Waals surface area contributed by atoms with Crippen LogP contribution in [0, 0.1) is 0 Å². The van der Waals surface area contributed by atoms with Gasteiger partial charge in [-0.3, -0.25) is 19.2 Å². The molecule has 5 aromatic carbocycles. The van der Waals surface area contributed by atoms with Gasteiger partial charge in [-0.1, -0.05) is 376 Å². The molecule has 0 saturated heterocycles. The number of hydrogen-bond acceptors (Lipinski definition) is 6. The quantitative estimate of drug-likeness (QED) is 0.0207. The summed E-state index contributed by atoms with van der Waals surface area (Å²) in [5.74, 6) is -0.492. The van der Waals surface area contributed by atoms with Crippen LogP contribution in [-0.2, 0) is 0 Å². The third-order valence-corrected chi connectivity index (χ3v) is 24.5. The Kier molecular flexibility index (Phi) is 42.4. The second-order valence-corrected chi connectivity index (χ2v) is 34.3. The summed E-state index contributed by atoms with van der Waals surface area (Å²) in [6, 6.07) is 49.1. The van der Waals surface area contributed by atoms with Crippen LogP contribution in [0.2, 0.25) is 0 Å². The molecule has 12 nitrogen and oxygen atoms in total. The lowest BCUT2D eigenvalue weighted by Gasteiger charge is -2.09. The number of unbranched alkanes of at least 4 members (excludes halogenated alkanes) is 45. The van der Waals surface area contributed by atoms with Gasteiger partial charge in [-0.05, 0) is 151 Å². The van der Waals surface area contributed by atoms with Gasteiger partial charge in [-0.15, -0.1) is 0 Å². The average Bonchev–Trinajstić information content (AvgIpc) is 1.61. The average molecular weight is 1620 g/mol. The topological polar surface area (TPSA) is 174 Å². The Bertz CT molecular complexity index is 4460. The van der Waals surface area contributed by atoms with Crippen molar-refractivity contribution in [3.8, 4) is 44.5 Å². The number of rotatable bonds is 60. The van der Waals surface area contributed by atoms with Gasteiger partial charge in [0.25, 0.3) is 23.6 Å². The van der Waals surface area contributed by atoms with E-state index in [1.807, 2.05) is 127 Å². The summed E-state index contributed by atoms with van der Waals surface area (Å²) >= 11 is 0. The zero-order valence-corrected chi connectivity index (χ0v) is 73.8. The van der Waals surface area contributed by atoms with Crippen LogP contribution in [0.5, 0.6) is 0 Å². The Morgan fingerprint density at radius 3 is 0.650 bits per heavy atom. The van der Waals surface area contributed by atoms with Gasteiger partial charge in [0.2, 0.25) is 0 Å². The molecule has 2 aliphatic rings. The third kappa shape index (κ3) is 31.5. The Morgan fingerprint density at radius 2 is 0.433 bits per heavy atom. The van der Waals surface area contributed by atoms with E-state index in [1.165, 1.54) is 270 Å². The van der Waals surface area contributed by atoms with Crippen LogP contribution in [0.15, 0.2) is 152 Å². The van der Waals surface area contributed by atoms with E-state index in [-0.39, 0.29) is 23.6 Å². The summed E-state index contributed by atoms with van der Waals surface area (Å²) in [5.41, 5.74) is 15.8. The van der Waals surface area contributed by atoms with Crippen molar-refractivity contribution in [1.82, 2.24) is 35.9 Å². The number of H-pyrrole nitrogens is 2. The Morgan fingerprint density at radius 1 is 0.233 bits per heavy atom. The van der Waals surface area contributed by atoms with E-state index in [2.05, 4.69) is 101 Å². The first-order chi connectivity index (χ1) is 59.2. The molecule has 6 N–H and O–H groups in total. The summed E-state index contributed by atoms with van der Waals surface area (Å²) < 4.78 is 0. The lowest BCUT2D eigenvalue weighted by atomic mass is 10.0. The van der Waals surface area contributed by atoms with Crippen molar-refractivity contribution < 1.29 is 19.2 Å². The van der Waals surface area contributed by atoms with Crippen molar-refractivity contribution in [2.45, 2.75) is 329 Å². The van der Waals surface area contributed by atoms with Crippen LogP contribution in [0.1, 0.15) is 393 Å². The van der Waals surface area contributed by atoms with Crippen LogP contribution in [0.4, 0.5) is 5.69 Å². The first-order valence-electron chi connectivity index (χ1n) is 48.0. The van der Waals surface area contributed by atoms with E-state index in [9.17, 15) is 19.2 Å². The molecule has 0 aliphatic carbocycles. The minimum absolute atomic E-state index is 0.0896. The highest BCUT2D eigenvalue weighted by molar-refractivity contribution is 6.06. The second-order valence-electron chi connectivity index (χ2n) is 34.3. The first kappa shape index (κ1) is 92.9. The van der Waals surface area contributed by atoms with Crippen molar-refractivity contribution in [3.63, 3.8) is 0 Å². The molecule has 8 aromatic rings. The highest BCUT2D eigenvalue weighted by atomic mass is 16.2. The lowest BCUT2D eigenvalue weighted by Crippen LogP contribution is -2.24. The number of nitrogens with one attached hydrogen (secondary N) is 6. The van der Waals surface area contributed by atoms with Crippen molar-refractivity contribution in [3.05, 3.63) is 197 Å². The van der Waals surface area contributed by atoms with Crippen LogP contribution >= 0.6 is 0 Å². The van der Waals surface area contributed by atoms with Gasteiger partial charge >= 0.3 is 0 Å². The van der Waals surface area contributed by atoms with Crippen LogP contribution in [0.25, 0.3) is 90.9 Å². The SMILES string of the molecule is CCCCCCCCCCCCCCCCCCNC(=O)c1ccc(-c2c3nc(c(-c4ccc(C(=O)NCCCCCCCCCCCCCCCCCC)cc4)c4ccc([nH]4)c(-c4ccc(C(=O)Nc5ccccc5)cc4)c4nc(c(-c5ccc(C(=O)NCCCCCCCCCCCCCCCCCC)cc5)c5ccc2[nH]5)C=C4)C=C3)cc1. The number of amides is 4. The molecule has 0 fully saturated rings. The molecule has 12 heteroatoms. The molecule has 10 rings (SSSR count). The van der Waals surface area contributed by atoms with Gasteiger partial charge in [0.15, 0.2) is 0 Å². The summed E-state index contributed by atoms with van der Waals surface area (Å²) in [6.45, 7) is 8.75. The maximum absolute atomic E-state index is 13.9. The number of carbonyl (C=O) groups excluding carboxylic acids is 4. The zero-order valence-electron chi connectivity index (χ0n) is 73.8.